The Morgan fingerprint density at radius 2 is 1.84 bits per heavy atom. The molecule has 3 rings (SSSR count). The van der Waals surface area contributed by atoms with Gasteiger partial charge in [0.2, 0.25) is 5.91 Å². The number of piperazine rings is 1. The van der Waals surface area contributed by atoms with Crippen LogP contribution in [0.2, 0.25) is 0 Å². The predicted molar refractivity (Wildman–Crippen MR) is 131 cm³/mol. The lowest BCUT2D eigenvalue weighted by Gasteiger charge is -2.36. The number of hydrogen-bond acceptors (Lipinski definition) is 9. The molecule has 12 heteroatoms. The van der Waals surface area contributed by atoms with E-state index in [-0.39, 0.29) is 63.8 Å². The molecule has 1 saturated heterocycles. The zero-order valence-electron chi connectivity index (χ0n) is 20.8. The van der Waals surface area contributed by atoms with Crippen LogP contribution in [0.15, 0.2) is 30.3 Å². The predicted octanol–water partition coefficient (Wildman–Crippen LogP) is 1.49. The largest absolute Gasteiger partial charge is 0.478 e. The Labute approximate surface area is 214 Å². The first kappa shape index (κ1) is 27.2. The summed E-state index contributed by atoms with van der Waals surface area (Å²) in [5.41, 5.74) is 0.477. The van der Waals surface area contributed by atoms with Crippen molar-refractivity contribution in [1.82, 2.24) is 20.1 Å². The molecule has 1 atom stereocenters. The molecule has 12 nitrogen and oxygen atoms in total. The first-order valence-electron chi connectivity index (χ1n) is 11.9. The molecule has 196 valence electrons. The second-order valence-corrected chi connectivity index (χ2v) is 8.12. The van der Waals surface area contributed by atoms with Crippen molar-refractivity contribution < 1.29 is 33.4 Å². The fourth-order valence-corrected chi connectivity index (χ4v) is 3.89. The molecule has 0 radical (unpaired) electrons. The molecule has 0 aliphatic carbocycles. The van der Waals surface area contributed by atoms with Gasteiger partial charge in [0.1, 0.15) is 23.6 Å². The number of benzene rings is 1. The summed E-state index contributed by atoms with van der Waals surface area (Å²) in [6.07, 6.45) is -0.514. The fourth-order valence-electron chi connectivity index (χ4n) is 3.89. The molecular formula is C25H29N5O7. The molecule has 1 aromatic heterocycles. The number of nitrogens with zero attached hydrogens (tertiary/aromatic N) is 4. The van der Waals surface area contributed by atoms with Crippen molar-refractivity contribution in [2.24, 2.45) is 0 Å². The fraction of sp³-hybridized carbons (Fsp3) is 0.440. The Balaban J connectivity index is 1.78. The number of methoxy groups -OCH3 is 1. The molecule has 1 unspecified atom stereocenters. The lowest BCUT2D eigenvalue weighted by atomic mass is 10.1. The minimum absolute atomic E-state index is 0.00496. The number of fused-ring (bicyclic) bond motifs is 1. The number of amides is 3. The Bertz CT molecular complexity index is 1190. The maximum absolute atomic E-state index is 13.3. The van der Waals surface area contributed by atoms with Gasteiger partial charge in [-0.3, -0.25) is 14.4 Å². The maximum atomic E-state index is 13.3. The molecule has 0 spiro atoms. The van der Waals surface area contributed by atoms with E-state index in [9.17, 15) is 19.2 Å². The van der Waals surface area contributed by atoms with Crippen LogP contribution in [0.25, 0.3) is 10.9 Å². The normalized spacial score (nSPS) is 13.9. The summed E-state index contributed by atoms with van der Waals surface area (Å²) in [6.45, 7) is 2.83. The zero-order valence-corrected chi connectivity index (χ0v) is 20.8. The van der Waals surface area contributed by atoms with Crippen molar-refractivity contribution in [3.8, 4) is 11.8 Å². The molecule has 1 aliphatic heterocycles. The molecule has 1 fully saturated rings. The quantitative estimate of drug-likeness (QED) is 0.494. The number of nitrogens with one attached hydrogen (secondary N) is 1. The van der Waals surface area contributed by atoms with Gasteiger partial charge in [0.15, 0.2) is 6.61 Å². The van der Waals surface area contributed by atoms with Crippen LogP contribution in [0.1, 0.15) is 30.3 Å². The number of hydrogen-bond donors (Lipinski definition) is 1. The topological polar surface area (TPSA) is 151 Å². The van der Waals surface area contributed by atoms with Crippen LogP contribution in [0.4, 0.5) is 4.79 Å². The van der Waals surface area contributed by atoms with Crippen LogP contribution < -0.4 is 10.1 Å². The number of rotatable bonds is 9. The summed E-state index contributed by atoms with van der Waals surface area (Å²) in [7, 11) is 1.24. The van der Waals surface area contributed by atoms with E-state index in [1.165, 1.54) is 23.0 Å². The molecule has 3 amide bonds. The van der Waals surface area contributed by atoms with E-state index in [0.717, 1.165) is 0 Å². The lowest BCUT2D eigenvalue weighted by molar-refractivity contribution is -0.141. The maximum Gasteiger partial charge on any atom is 0.409 e. The number of nitriles is 1. The first-order valence-corrected chi connectivity index (χ1v) is 11.9. The van der Waals surface area contributed by atoms with Gasteiger partial charge in [-0.15, -0.1) is 0 Å². The number of aromatic nitrogens is 1. The van der Waals surface area contributed by atoms with Gasteiger partial charge in [-0.25, -0.2) is 9.78 Å². The first-order chi connectivity index (χ1) is 17.9. The van der Waals surface area contributed by atoms with Gasteiger partial charge in [-0.05, 0) is 25.5 Å². The Kier molecular flexibility index (Phi) is 9.60. The highest BCUT2D eigenvalue weighted by Gasteiger charge is 2.31. The van der Waals surface area contributed by atoms with Crippen molar-refractivity contribution in [1.29, 1.82) is 5.26 Å². The van der Waals surface area contributed by atoms with Gasteiger partial charge in [0.05, 0.1) is 19.2 Å². The van der Waals surface area contributed by atoms with Crippen molar-refractivity contribution >= 4 is 34.8 Å². The van der Waals surface area contributed by atoms with Crippen LogP contribution in [-0.4, -0.2) is 91.2 Å². The number of esters is 1. The van der Waals surface area contributed by atoms with E-state index in [0.29, 0.717) is 16.7 Å². The van der Waals surface area contributed by atoms with Gasteiger partial charge in [0.25, 0.3) is 5.91 Å². The molecule has 2 heterocycles. The SMILES string of the molecule is CCOC(=O)N1CCN(C(=O)C(CCC(=O)OC)NC(=O)c2cc(OCC#N)c3ccccc3n2)CC1. The lowest BCUT2D eigenvalue weighted by Crippen LogP contribution is -2.56. The van der Waals surface area contributed by atoms with Crippen LogP contribution >= 0.6 is 0 Å². The van der Waals surface area contributed by atoms with Crippen molar-refractivity contribution in [2.45, 2.75) is 25.8 Å². The van der Waals surface area contributed by atoms with E-state index >= 15 is 0 Å². The minimum Gasteiger partial charge on any atom is -0.478 e. The third-order valence-electron chi connectivity index (χ3n) is 5.79. The Morgan fingerprint density at radius 3 is 2.51 bits per heavy atom. The summed E-state index contributed by atoms with van der Waals surface area (Å²) in [4.78, 5) is 57.7. The second kappa shape index (κ2) is 13.1. The highest BCUT2D eigenvalue weighted by atomic mass is 16.6. The number of carbonyl (C=O) groups excluding carboxylic acids is 4. The summed E-state index contributed by atoms with van der Waals surface area (Å²) in [6, 6.07) is 9.27. The summed E-state index contributed by atoms with van der Waals surface area (Å²) in [5.74, 6) is -1.23. The van der Waals surface area contributed by atoms with Gasteiger partial charge in [-0.2, -0.15) is 5.26 Å². The zero-order chi connectivity index (χ0) is 26.8. The monoisotopic (exact) mass is 511 g/mol. The number of ether oxygens (including phenoxy) is 3. The number of pyridine rings is 1. The molecule has 1 aromatic carbocycles. The number of carbonyl (C=O) groups is 4. The van der Waals surface area contributed by atoms with Gasteiger partial charge >= 0.3 is 12.1 Å². The average Bonchev–Trinajstić information content (AvgIpc) is 2.93. The molecule has 1 N–H and O–H groups in total. The second-order valence-electron chi connectivity index (χ2n) is 8.12. The van der Waals surface area contributed by atoms with Crippen molar-refractivity contribution in [3.63, 3.8) is 0 Å². The Hall–Kier alpha value is -4.40. The van der Waals surface area contributed by atoms with Gasteiger partial charge in [-0.1, -0.05) is 12.1 Å². The van der Waals surface area contributed by atoms with E-state index in [2.05, 4.69) is 10.3 Å². The summed E-state index contributed by atoms with van der Waals surface area (Å²) < 4.78 is 15.2. The highest BCUT2D eigenvalue weighted by molar-refractivity contribution is 5.99. The van der Waals surface area contributed by atoms with Crippen LogP contribution in [0.3, 0.4) is 0 Å². The van der Waals surface area contributed by atoms with E-state index in [4.69, 9.17) is 19.5 Å². The third-order valence-corrected chi connectivity index (χ3v) is 5.79. The smallest absolute Gasteiger partial charge is 0.409 e. The summed E-state index contributed by atoms with van der Waals surface area (Å²) >= 11 is 0. The van der Waals surface area contributed by atoms with Gasteiger partial charge in [0, 0.05) is 44.1 Å². The molecule has 2 aromatic rings. The molecule has 37 heavy (non-hydrogen) atoms. The van der Waals surface area contributed by atoms with Crippen molar-refractivity contribution in [3.05, 3.63) is 36.0 Å². The standard InChI is InChI=1S/C25H29N5O7/c1-3-36-25(34)30-13-11-29(12-14-30)24(33)19(8-9-22(31)35-2)28-23(32)20-16-21(37-15-10-26)17-6-4-5-7-18(17)27-20/h4-7,16,19H,3,8-9,11-15H2,1-2H3,(H,28,32). The molecule has 0 bridgehead atoms. The van der Waals surface area contributed by atoms with Gasteiger partial charge < -0.3 is 29.3 Å². The van der Waals surface area contributed by atoms with E-state index < -0.39 is 24.0 Å². The molecule has 1 aliphatic rings. The minimum atomic E-state index is -1.03. The number of para-hydroxylation sites is 1. The highest BCUT2D eigenvalue weighted by Crippen LogP contribution is 2.25. The van der Waals surface area contributed by atoms with Crippen LogP contribution in [0.5, 0.6) is 5.75 Å². The van der Waals surface area contributed by atoms with Crippen molar-refractivity contribution in [2.75, 3.05) is 46.5 Å². The van der Waals surface area contributed by atoms with E-state index in [1.807, 2.05) is 6.07 Å². The Morgan fingerprint density at radius 1 is 1.14 bits per heavy atom. The average molecular weight is 512 g/mol. The summed E-state index contributed by atoms with van der Waals surface area (Å²) in [5, 5.41) is 12.2. The molecular weight excluding hydrogens is 482 g/mol. The third kappa shape index (κ3) is 7.07. The van der Waals surface area contributed by atoms with Crippen LogP contribution in [0, 0.1) is 11.3 Å². The van der Waals surface area contributed by atoms with E-state index in [1.54, 1.807) is 31.2 Å². The molecule has 0 saturated carbocycles. The van der Waals surface area contributed by atoms with Crippen LogP contribution in [-0.2, 0) is 19.1 Å².